The van der Waals surface area contributed by atoms with Gasteiger partial charge >= 0.3 is 0 Å². The van der Waals surface area contributed by atoms with Crippen molar-refractivity contribution in [1.82, 2.24) is 0 Å². The first-order valence-electron chi connectivity index (χ1n) is 4.25. The molecule has 0 bridgehead atoms. The van der Waals surface area contributed by atoms with E-state index in [9.17, 15) is 4.79 Å². The average molecular weight is 233 g/mol. The Balaban J connectivity index is 2.84. The number of hydrogen-bond donors (Lipinski definition) is 1. The lowest BCUT2D eigenvalue weighted by Crippen LogP contribution is -2.01. The van der Waals surface area contributed by atoms with Crippen LogP contribution in [0.15, 0.2) is 18.2 Å². The van der Waals surface area contributed by atoms with Gasteiger partial charge in [0.1, 0.15) is 0 Å². The maximum absolute atomic E-state index is 11.5. The Morgan fingerprint density at radius 1 is 1.36 bits per heavy atom. The second-order valence-corrected chi connectivity index (χ2v) is 3.64. The predicted molar refractivity (Wildman–Crippen MR) is 57.1 cm³/mol. The van der Waals surface area contributed by atoms with Crippen LogP contribution >= 0.6 is 23.2 Å². The van der Waals surface area contributed by atoms with E-state index in [0.29, 0.717) is 17.0 Å². The highest BCUT2D eigenvalue weighted by Crippen LogP contribution is 2.26. The van der Waals surface area contributed by atoms with Crippen LogP contribution in [-0.2, 0) is 0 Å². The number of aliphatic hydroxyl groups is 1. The molecule has 2 nitrogen and oxygen atoms in total. The van der Waals surface area contributed by atoms with E-state index in [1.807, 2.05) is 0 Å². The Labute approximate surface area is 92.5 Å². The molecule has 76 valence electrons. The van der Waals surface area contributed by atoms with Crippen molar-refractivity contribution in [3.05, 3.63) is 33.8 Å². The fourth-order valence-corrected chi connectivity index (χ4v) is 1.50. The van der Waals surface area contributed by atoms with Gasteiger partial charge in [-0.15, -0.1) is 0 Å². The number of carbonyl (C=O) groups excluding carboxylic acids is 1. The van der Waals surface area contributed by atoms with Crippen molar-refractivity contribution in [3.63, 3.8) is 0 Å². The SMILES string of the molecule is O=C(CCCO)c1cccc(Cl)c1Cl. The van der Waals surface area contributed by atoms with E-state index in [1.165, 1.54) is 0 Å². The molecule has 0 saturated carbocycles. The van der Waals surface area contributed by atoms with Gasteiger partial charge in [-0.1, -0.05) is 29.3 Å². The summed E-state index contributed by atoms with van der Waals surface area (Å²) < 4.78 is 0. The molecule has 0 spiro atoms. The topological polar surface area (TPSA) is 37.3 Å². The van der Waals surface area contributed by atoms with E-state index in [-0.39, 0.29) is 23.8 Å². The zero-order valence-corrected chi connectivity index (χ0v) is 8.98. The molecule has 14 heavy (non-hydrogen) atoms. The highest BCUT2D eigenvalue weighted by atomic mass is 35.5. The summed E-state index contributed by atoms with van der Waals surface area (Å²) in [4.78, 5) is 11.5. The van der Waals surface area contributed by atoms with Gasteiger partial charge in [0.2, 0.25) is 0 Å². The van der Waals surface area contributed by atoms with Crippen molar-refractivity contribution in [2.45, 2.75) is 12.8 Å². The first-order valence-corrected chi connectivity index (χ1v) is 5.00. The predicted octanol–water partition coefficient (Wildman–Crippen LogP) is 2.95. The highest BCUT2D eigenvalue weighted by molar-refractivity contribution is 6.43. The van der Waals surface area contributed by atoms with Crippen molar-refractivity contribution < 1.29 is 9.90 Å². The minimum atomic E-state index is -0.0912. The van der Waals surface area contributed by atoms with E-state index in [1.54, 1.807) is 18.2 Å². The number of aliphatic hydroxyl groups excluding tert-OH is 1. The maximum Gasteiger partial charge on any atom is 0.164 e. The van der Waals surface area contributed by atoms with Gasteiger partial charge in [-0.05, 0) is 18.6 Å². The molecule has 4 heteroatoms. The summed E-state index contributed by atoms with van der Waals surface area (Å²) in [6.07, 6.45) is 0.734. The first-order chi connectivity index (χ1) is 6.66. The quantitative estimate of drug-likeness (QED) is 0.811. The number of halogens is 2. The van der Waals surface area contributed by atoms with Crippen LogP contribution in [0.1, 0.15) is 23.2 Å². The normalized spacial score (nSPS) is 10.2. The van der Waals surface area contributed by atoms with Gasteiger partial charge in [-0.2, -0.15) is 0 Å². The van der Waals surface area contributed by atoms with Gasteiger partial charge < -0.3 is 5.11 Å². The van der Waals surface area contributed by atoms with E-state index in [2.05, 4.69) is 0 Å². The summed E-state index contributed by atoms with van der Waals surface area (Å²) in [5, 5.41) is 9.24. The molecule has 0 aliphatic carbocycles. The third-order valence-electron chi connectivity index (χ3n) is 1.81. The van der Waals surface area contributed by atoms with Crippen LogP contribution in [-0.4, -0.2) is 17.5 Å². The Morgan fingerprint density at radius 3 is 2.71 bits per heavy atom. The number of rotatable bonds is 4. The van der Waals surface area contributed by atoms with Crippen LogP contribution in [0.3, 0.4) is 0 Å². The second-order valence-electron chi connectivity index (χ2n) is 2.85. The minimum absolute atomic E-state index is 0.00389. The van der Waals surface area contributed by atoms with E-state index in [4.69, 9.17) is 28.3 Å². The Bertz CT molecular complexity index is 337. The molecule has 0 amide bonds. The van der Waals surface area contributed by atoms with Crippen molar-refractivity contribution in [1.29, 1.82) is 0 Å². The lowest BCUT2D eigenvalue weighted by atomic mass is 10.1. The van der Waals surface area contributed by atoms with Crippen LogP contribution in [0.2, 0.25) is 10.0 Å². The zero-order valence-electron chi connectivity index (χ0n) is 7.46. The van der Waals surface area contributed by atoms with Crippen LogP contribution in [0.25, 0.3) is 0 Å². The number of benzene rings is 1. The molecule has 1 rings (SSSR count). The fraction of sp³-hybridized carbons (Fsp3) is 0.300. The number of ketones is 1. The summed E-state index contributed by atoms with van der Waals surface area (Å²) >= 11 is 11.6. The number of hydrogen-bond acceptors (Lipinski definition) is 2. The molecular weight excluding hydrogens is 223 g/mol. The Morgan fingerprint density at radius 2 is 2.07 bits per heavy atom. The molecule has 0 heterocycles. The van der Waals surface area contributed by atoms with Gasteiger partial charge in [-0.25, -0.2) is 0 Å². The lowest BCUT2D eigenvalue weighted by Gasteiger charge is -2.03. The van der Waals surface area contributed by atoms with Crippen LogP contribution < -0.4 is 0 Å². The zero-order chi connectivity index (χ0) is 10.6. The number of carbonyl (C=O) groups is 1. The lowest BCUT2D eigenvalue weighted by molar-refractivity contribution is 0.0971. The molecule has 1 N–H and O–H groups in total. The second kappa shape index (κ2) is 5.35. The van der Waals surface area contributed by atoms with Gasteiger partial charge in [-0.3, -0.25) is 4.79 Å². The van der Waals surface area contributed by atoms with Crippen molar-refractivity contribution in [2.75, 3.05) is 6.61 Å². The molecule has 1 aromatic rings. The average Bonchev–Trinajstić information content (AvgIpc) is 2.18. The molecule has 0 saturated heterocycles. The summed E-state index contributed by atoms with van der Waals surface area (Å²) in [7, 11) is 0. The molecular formula is C10H10Cl2O2. The smallest absolute Gasteiger partial charge is 0.164 e. The van der Waals surface area contributed by atoms with Crippen LogP contribution in [0.4, 0.5) is 0 Å². The van der Waals surface area contributed by atoms with E-state index < -0.39 is 0 Å². The third kappa shape index (κ3) is 2.71. The number of Topliss-reactive ketones (excluding diaryl/α,β-unsaturated/α-hetero) is 1. The van der Waals surface area contributed by atoms with Crippen LogP contribution in [0.5, 0.6) is 0 Å². The van der Waals surface area contributed by atoms with Gasteiger partial charge in [0.15, 0.2) is 5.78 Å². The minimum Gasteiger partial charge on any atom is -0.396 e. The van der Waals surface area contributed by atoms with Crippen LogP contribution in [0, 0.1) is 0 Å². The summed E-state index contributed by atoms with van der Waals surface area (Å²) in [6.45, 7) is 0.00389. The summed E-state index contributed by atoms with van der Waals surface area (Å²) in [5.74, 6) is -0.0912. The monoisotopic (exact) mass is 232 g/mol. The maximum atomic E-state index is 11.5. The third-order valence-corrected chi connectivity index (χ3v) is 2.63. The van der Waals surface area contributed by atoms with Gasteiger partial charge in [0.05, 0.1) is 10.0 Å². The highest BCUT2D eigenvalue weighted by Gasteiger charge is 2.11. The van der Waals surface area contributed by atoms with Crippen molar-refractivity contribution in [3.8, 4) is 0 Å². The molecule has 0 radical (unpaired) electrons. The fourth-order valence-electron chi connectivity index (χ4n) is 1.09. The molecule has 0 atom stereocenters. The van der Waals surface area contributed by atoms with E-state index in [0.717, 1.165) is 0 Å². The standard InChI is InChI=1S/C10H10Cl2O2/c11-8-4-1-3-7(10(8)12)9(14)5-2-6-13/h1,3-4,13H,2,5-6H2. The summed E-state index contributed by atoms with van der Waals surface area (Å²) in [5.41, 5.74) is 0.424. The van der Waals surface area contributed by atoms with Gasteiger partial charge in [0, 0.05) is 18.6 Å². The molecule has 0 aliphatic heterocycles. The Hall–Kier alpha value is -0.570. The van der Waals surface area contributed by atoms with E-state index >= 15 is 0 Å². The molecule has 0 unspecified atom stereocenters. The van der Waals surface area contributed by atoms with Gasteiger partial charge in [0.25, 0.3) is 0 Å². The molecule has 0 aliphatic rings. The summed E-state index contributed by atoms with van der Waals surface area (Å²) in [6, 6.07) is 4.95. The largest absolute Gasteiger partial charge is 0.396 e. The first kappa shape index (κ1) is 11.5. The van der Waals surface area contributed by atoms with Crippen molar-refractivity contribution >= 4 is 29.0 Å². The Kier molecular flexibility index (Phi) is 4.39. The molecule has 1 aromatic carbocycles. The van der Waals surface area contributed by atoms with Crippen molar-refractivity contribution in [2.24, 2.45) is 0 Å². The molecule has 0 aromatic heterocycles. The molecule has 0 fully saturated rings.